The average molecular weight is 448 g/mol. The van der Waals surface area contributed by atoms with Gasteiger partial charge in [0.15, 0.2) is 0 Å². The number of ether oxygens (including phenoxy) is 3. The third-order valence-corrected chi connectivity index (χ3v) is 5.37. The van der Waals surface area contributed by atoms with Crippen LogP contribution in [0.5, 0.6) is 17.2 Å². The van der Waals surface area contributed by atoms with Gasteiger partial charge in [-0.3, -0.25) is 4.90 Å². The highest BCUT2D eigenvalue weighted by atomic mass is 79.9. The van der Waals surface area contributed by atoms with Gasteiger partial charge in [0, 0.05) is 30.2 Å². The van der Waals surface area contributed by atoms with Crippen LogP contribution in [0.15, 0.2) is 40.9 Å². The van der Waals surface area contributed by atoms with Gasteiger partial charge in [-0.05, 0) is 24.1 Å². The number of halogens is 1. The van der Waals surface area contributed by atoms with Crippen molar-refractivity contribution in [3.05, 3.63) is 57.6 Å². The molecule has 1 saturated heterocycles. The fourth-order valence-corrected chi connectivity index (χ4v) is 3.53. The van der Waals surface area contributed by atoms with Crippen LogP contribution in [0.4, 0.5) is 0 Å². The number of hydrogen-bond donors (Lipinski definition) is 1. The van der Waals surface area contributed by atoms with Gasteiger partial charge in [-0.15, -0.1) is 0 Å². The van der Waals surface area contributed by atoms with Gasteiger partial charge in [0.25, 0.3) is 0 Å². The van der Waals surface area contributed by atoms with Crippen molar-refractivity contribution in [3.63, 3.8) is 0 Å². The normalized spacial score (nSPS) is 15.1. The van der Waals surface area contributed by atoms with Gasteiger partial charge in [0.1, 0.15) is 17.2 Å². The maximum absolute atomic E-state index is 11.0. The predicted molar refractivity (Wildman–Crippen MR) is 114 cm³/mol. The van der Waals surface area contributed by atoms with E-state index in [1.165, 1.54) is 5.56 Å². The van der Waals surface area contributed by atoms with Crippen molar-refractivity contribution in [2.45, 2.75) is 13.0 Å². The molecule has 28 heavy (non-hydrogen) atoms. The van der Waals surface area contributed by atoms with Gasteiger partial charge in [-0.25, -0.2) is 0 Å². The standard InChI is InChI=1S/C22H26BrNO4/c1-26-20-14-21(27-2)19(15-24-10-12-28-13-11-24)22(25)18(20)5-3-4-16-6-8-17(23)9-7-16/h3,5-9,14,25H,4,10-13,15H2,1-2H3/b5-3+. The lowest BCUT2D eigenvalue weighted by Crippen LogP contribution is -2.35. The minimum atomic E-state index is 0.203. The number of nitrogens with zero attached hydrogens (tertiary/aromatic N) is 1. The highest BCUT2D eigenvalue weighted by Crippen LogP contribution is 2.40. The summed E-state index contributed by atoms with van der Waals surface area (Å²) in [5.41, 5.74) is 2.64. The number of rotatable bonds is 7. The summed E-state index contributed by atoms with van der Waals surface area (Å²) in [6.07, 6.45) is 4.71. The minimum Gasteiger partial charge on any atom is -0.507 e. The van der Waals surface area contributed by atoms with Gasteiger partial charge < -0.3 is 19.3 Å². The smallest absolute Gasteiger partial charge is 0.134 e. The summed E-state index contributed by atoms with van der Waals surface area (Å²) in [4.78, 5) is 2.25. The Morgan fingerprint density at radius 2 is 1.79 bits per heavy atom. The number of allylic oxidation sites excluding steroid dienone is 1. The molecule has 2 aromatic rings. The summed E-state index contributed by atoms with van der Waals surface area (Å²) in [6.45, 7) is 3.70. The lowest BCUT2D eigenvalue weighted by atomic mass is 10.0. The van der Waals surface area contributed by atoms with Gasteiger partial charge in [-0.1, -0.05) is 40.2 Å². The maximum Gasteiger partial charge on any atom is 0.134 e. The molecule has 0 atom stereocenters. The molecule has 1 N–H and O–H groups in total. The molecule has 3 rings (SSSR count). The largest absolute Gasteiger partial charge is 0.507 e. The van der Waals surface area contributed by atoms with Crippen LogP contribution in [0, 0.1) is 0 Å². The van der Waals surface area contributed by atoms with E-state index in [0.29, 0.717) is 36.8 Å². The molecule has 1 heterocycles. The highest BCUT2D eigenvalue weighted by molar-refractivity contribution is 9.10. The number of phenols is 1. The highest BCUT2D eigenvalue weighted by Gasteiger charge is 2.21. The zero-order valence-electron chi connectivity index (χ0n) is 16.3. The molecule has 0 aromatic heterocycles. The average Bonchev–Trinajstić information content (AvgIpc) is 2.73. The second kappa shape index (κ2) is 9.96. The molecule has 0 saturated carbocycles. The van der Waals surface area contributed by atoms with E-state index in [1.54, 1.807) is 14.2 Å². The molecule has 0 radical (unpaired) electrons. The Morgan fingerprint density at radius 3 is 2.43 bits per heavy atom. The van der Waals surface area contributed by atoms with E-state index in [4.69, 9.17) is 14.2 Å². The molecule has 1 aliphatic rings. The molecule has 1 aliphatic heterocycles. The van der Waals surface area contributed by atoms with E-state index in [2.05, 4.69) is 33.0 Å². The lowest BCUT2D eigenvalue weighted by molar-refractivity contribution is 0.0335. The van der Waals surface area contributed by atoms with Crippen LogP contribution in [0.2, 0.25) is 0 Å². The number of aromatic hydroxyl groups is 1. The van der Waals surface area contributed by atoms with E-state index in [-0.39, 0.29) is 5.75 Å². The molecule has 0 amide bonds. The molecule has 6 heteroatoms. The quantitative estimate of drug-likeness (QED) is 0.686. The zero-order chi connectivity index (χ0) is 19.9. The lowest BCUT2D eigenvalue weighted by Gasteiger charge is -2.28. The molecule has 0 bridgehead atoms. The number of methoxy groups -OCH3 is 2. The zero-order valence-corrected chi connectivity index (χ0v) is 17.9. The number of hydrogen-bond acceptors (Lipinski definition) is 5. The van der Waals surface area contributed by atoms with Crippen LogP contribution < -0.4 is 9.47 Å². The molecule has 1 fully saturated rings. The Bertz CT molecular complexity index is 814. The minimum absolute atomic E-state index is 0.203. The Balaban J connectivity index is 1.86. The van der Waals surface area contributed by atoms with Gasteiger partial charge in [-0.2, -0.15) is 0 Å². The fourth-order valence-electron chi connectivity index (χ4n) is 3.26. The van der Waals surface area contributed by atoms with Crippen LogP contribution in [-0.4, -0.2) is 50.5 Å². The Kier molecular flexibility index (Phi) is 7.36. The van der Waals surface area contributed by atoms with E-state index >= 15 is 0 Å². The maximum atomic E-state index is 11.0. The van der Waals surface area contributed by atoms with Gasteiger partial charge in [0.2, 0.25) is 0 Å². The summed E-state index contributed by atoms with van der Waals surface area (Å²) in [5, 5.41) is 11.0. The molecular formula is C22H26BrNO4. The first kappa shape index (κ1) is 20.7. The predicted octanol–water partition coefficient (Wildman–Crippen LogP) is 4.26. The molecule has 150 valence electrons. The summed E-state index contributed by atoms with van der Waals surface area (Å²) in [5.74, 6) is 1.42. The van der Waals surface area contributed by atoms with Crippen LogP contribution in [0.3, 0.4) is 0 Å². The molecule has 2 aromatic carbocycles. The first-order valence-corrected chi connectivity index (χ1v) is 10.1. The Hall–Kier alpha value is -2.02. The van der Waals surface area contributed by atoms with Crippen molar-refractivity contribution in [3.8, 4) is 17.2 Å². The van der Waals surface area contributed by atoms with E-state index in [9.17, 15) is 5.11 Å². The molecule has 0 aliphatic carbocycles. The second-order valence-corrected chi connectivity index (χ2v) is 7.56. The van der Waals surface area contributed by atoms with Crippen LogP contribution >= 0.6 is 15.9 Å². The number of phenolic OH excluding ortho intramolecular Hbond substituents is 1. The molecule has 0 unspecified atom stereocenters. The SMILES string of the molecule is COc1cc(OC)c(CN2CCOCC2)c(O)c1/C=C/Cc1ccc(Br)cc1. The molecule has 5 nitrogen and oxygen atoms in total. The summed E-state index contributed by atoms with van der Waals surface area (Å²) < 4.78 is 17.5. The van der Waals surface area contributed by atoms with Crippen molar-refractivity contribution in [2.24, 2.45) is 0 Å². The van der Waals surface area contributed by atoms with Crippen molar-refractivity contribution in [1.82, 2.24) is 4.90 Å². The Morgan fingerprint density at radius 1 is 1.11 bits per heavy atom. The monoisotopic (exact) mass is 447 g/mol. The third kappa shape index (κ3) is 5.07. The van der Waals surface area contributed by atoms with Gasteiger partial charge >= 0.3 is 0 Å². The van der Waals surface area contributed by atoms with Crippen molar-refractivity contribution >= 4 is 22.0 Å². The Labute approximate surface area is 174 Å². The van der Waals surface area contributed by atoms with E-state index in [1.807, 2.05) is 30.4 Å². The van der Waals surface area contributed by atoms with Crippen molar-refractivity contribution in [2.75, 3.05) is 40.5 Å². The fraction of sp³-hybridized carbons (Fsp3) is 0.364. The number of benzene rings is 2. The van der Waals surface area contributed by atoms with Crippen molar-refractivity contribution in [1.29, 1.82) is 0 Å². The summed E-state index contributed by atoms with van der Waals surface area (Å²) >= 11 is 3.45. The first-order valence-electron chi connectivity index (χ1n) is 9.30. The van der Waals surface area contributed by atoms with Crippen LogP contribution in [0.25, 0.3) is 6.08 Å². The summed E-state index contributed by atoms with van der Waals surface area (Å²) in [7, 11) is 3.21. The number of morpholine rings is 1. The molecule has 0 spiro atoms. The van der Waals surface area contributed by atoms with Gasteiger partial charge in [0.05, 0.1) is 38.6 Å². The first-order chi connectivity index (χ1) is 13.6. The third-order valence-electron chi connectivity index (χ3n) is 4.84. The van der Waals surface area contributed by atoms with Crippen LogP contribution in [-0.2, 0) is 17.7 Å². The van der Waals surface area contributed by atoms with Crippen molar-refractivity contribution < 1.29 is 19.3 Å². The summed E-state index contributed by atoms with van der Waals surface area (Å²) in [6, 6.07) is 10.0. The van der Waals surface area contributed by atoms with E-state index in [0.717, 1.165) is 29.5 Å². The topological polar surface area (TPSA) is 51.2 Å². The molecular weight excluding hydrogens is 422 g/mol. The second-order valence-electron chi connectivity index (χ2n) is 6.64. The van der Waals surface area contributed by atoms with E-state index < -0.39 is 0 Å². The van der Waals surface area contributed by atoms with Crippen LogP contribution in [0.1, 0.15) is 16.7 Å².